The molecule has 0 radical (unpaired) electrons. The summed E-state index contributed by atoms with van der Waals surface area (Å²) in [6, 6.07) is 10.9. The van der Waals surface area contributed by atoms with E-state index in [-0.39, 0.29) is 5.91 Å². The minimum Gasteiger partial charge on any atom is -0.339 e. The summed E-state index contributed by atoms with van der Waals surface area (Å²) in [5, 5.41) is 7.52. The molecule has 0 aliphatic carbocycles. The Labute approximate surface area is 140 Å². The number of aryl methyl sites for hydroxylation is 2. The highest BCUT2D eigenvalue weighted by Crippen LogP contribution is 2.24. The van der Waals surface area contributed by atoms with E-state index in [9.17, 15) is 4.79 Å². The summed E-state index contributed by atoms with van der Waals surface area (Å²) in [7, 11) is 0. The van der Waals surface area contributed by atoms with Gasteiger partial charge in [-0.1, -0.05) is 42.1 Å². The van der Waals surface area contributed by atoms with Gasteiger partial charge < -0.3 is 4.90 Å². The van der Waals surface area contributed by atoms with Gasteiger partial charge in [0.15, 0.2) is 0 Å². The second-order valence-electron chi connectivity index (χ2n) is 5.90. The number of H-pyrrole nitrogens is 1. The van der Waals surface area contributed by atoms with Crippen LogP contribution in [0.3, 0.4) is 0 Å². The minimum absolute atomic E-state index is 0.202. The van der Waals surface area contributed by atoms with Crippen LogP contribution < -0.4 is 0 Å². The molecule has 3 rings (SSSR count). The van der Waals surface area contributed by atoms with Gasteiger partial charge >= 0.3 is 0 Å². The van der Waals surface area contributed by atoms with Crippen LogP contribution in [0, 0.1) is 6.92 Å². The number of likely N-dealkylation sites (tertiary alicyclic amines) is 1. The van der Waals surface area contributed by atoms with Crippen molar-refractivity contribution < 1.29 is 4.79 Å². The average molecular weight is 330 g/mol. The van der Waals surface area contributed by atoms with Crippen molar-refractivity contribution in [2.45, 2.75) is 43.8 Å². The topological polar surface area (TPSA) is 61.9 Å². The molecule has 1 aromatic heterocycles. The summed E-state index contributed by atoms with van der Waals surface area (Å²) in [5.74, 6) is 1.40. The molecule has 122 valence electrons. The predicted molar refractivity (Wildman–Crippen MR) is 91.3 cm³/mol. The average Bonchev–Trinajstić information content (AvgIpc) is 3.20. The van der Waals surface area contributed by atoms with Crippen LogP contribution in [0.15, 0.2) is 35.5 Å². The molecule has 1 amide bonds. The molecule has 0 bridgehead atoms. The van der Waals surface area contributed by atoms with E-state index in [4.69, 9.17) is 0 Å². The second kappa shape index (κ2) is 7.64. The number of aromatic amines is 1. The lowest BCUT2D eigenvalue weighted by molar-refractivity contribution is -0.129. The van der Waals surface area contributed by atoms with E-state index in [0.717, 1.165) is 38.1 Å². The van der Waals surface area contributed by atoms with E-state index in [2.05, 4.69) is 44.3 Å². The van der Waals surface area contributed by atoms with Crippen molar-refractivity contribution in [2.75, 3.05) is 12.3 Å². The Kier molecular flexibility index (Phi) is 5.33. The molecule has 5 nitrogen and oxygen atoms in total. The maximum atomic E-state index is 12.5. The number of benzene rings is 1. The lowest BCUT2D eigenvalue weighted by Crippen LogP contribution is -2.37. The van der Waals surface area contributed by atoms with Gasteiger partial charge in [-0.25, -0.2) is 4.98 Å². The summed E-state index contributed by atoms with van der Waals surface area (Å²) < 4.78 is 0. The fraction of sp³-hybridized carbons (Fsp3) is 0.471. The molecule has 1 aromatic carbocycles. The molecule has 1 aliphatic rings. The number of carbonyl (C=O) groups is 1. The van der Waals surface area contributed by atoms with Crippen LogP contribution in [0.25, 0.3) is 0 Å². The Morgan fingerprint density at radius 2 is 2.22 bits per heavy atom. The Morgan fingerprint density at radius 3 is 2.96 bits per heavy atom. The van der Waals surface area contributed by atoms with Crippen molar-refractivity contribution in [3.63, 3.8) is 0 Å². The maximum absolute atomic E-state index is 12.5. The molecular formula is C17H22N4OS. The van der Waals surface area contributed by atoms with Gasteiger partial charge in [0, 0.05) is 12.6 Å². The summed E-state index contributed by atoms with van der Waals surface area (Å²) in [6.07, 6.45) is 4.29. The van der Waals surface area contributed by atoms with Crippen LogP contribution in [0.5, 0.6) is 0 Å². The molecule has 0 spiro atoms. The van der Waals surface area contributed by atoms with Crippen molar-refractivity contribution in [1.29, 1.82) is 0 Å². The van der Waals surface area contributed by atoms with Crippen LogP contribution in [-0.2, 0) is 11.2 Å². The first-order valence-electron chi connectivity index (χ1n) is 8.07. The third-order valence-electron chi connectivity index (χ3n) is 4.21. The van der Waals surface area contributed by atoms with Crippen molar-refractivity contribution in [2.24, 2.45) is 0 Å². The number of amides is 1. The largest absolute Gasteiger partial charge is 0.339 e. The Morgan fingerprint density at radius 1 is 1.39 bits per heavy atom. The number of thioether (sulfide) groups is 1. The van der Waals surface area contributed by atoms with E-state index < -0.39 is 0 Å². The number of rotatable bonds is 6. The van der Waals surface area contributed by atoms with E-state index >= 15 is 0 Å². The zero-order chi connectivity index (χ0) is 16.1. The molecular weight excluding hydrogens is 308 g/mol. The quantitative estimate of drug-likeness (QED) is 0.827. The summed E-state index contributed by atoms with van der Waals surface area (Å²) in [4.78, 5) is 18.8. The smallest absolute Gasteiger partial charge is 0.233 e. The fourth-order valence-electron chi connectivity index (χ4n) is 3.04. The van der Waals surface area contributed by atoms with Gasteiger partial charge in [-0.15, -0.1) is 5.10 Å². The van der Waals surface area contributed by atoms with Crippen LogP contribution in [0.1, 0.15) is 30.7 Å². The first-order valence-corrected chi connectivity index (χ1v) is 9.06. The van der Waals surface area contributed by atoms with Gasteiger partial charge in [0.1, 0.15) is 5.82 Å². The first kappa shape index (κ1) is 16.1. The number of nitrogens with one attached hydrogen (secondary N) is 1. The number of hydrogen-bond acceptors (Lipinski definition) is 4. The molecule has 1 fully saturated rings. The number of nitrogens with zero attached hydrogens (tertiary/aromatic N) is 3. The third-order valence-corrected chi connectivity index (χ3v) is 5.04. The molecule has 1 saturated heterocycles. The zero-order valence-corrected chi connectivity index (χ0v) is 14.2. The number of carbonyl (C=O) groups excluding carboxylic acids is 1. The molecule has 1 N–H and O–H groups in total. The maximum Gasteiger partial charge on any atom is 0.233 e. The van der Waals surface area contributed by atoms with Gasteiger partial charge in [-0.2, -0.15) is 0 Å². The van der Waals surface area contributed by atoms with E-state index in [1.807, 2.05) is 13.0 Å². The highest BCUT2D eigenvalue weighted by molar-refractivity contribution is 7.99. The Hall–Kier alpha value is -1.82. The standard InChI is InChI=1S/C17H22N4OS/c1-13-18-17(20-19-13)23-12-16(22)21-11-5-8-15(21)10-9-14-6-3-2-4-7-14/h2-4,6-7,15H,5,8-12H2,1H3,(H,18,19,20). The van der Waals surface area contributed by atoms with Crippen LogP contribution >= 0.6 is 11.8 Å². The fourth-order valence-corrected chi connectivity index (χ4v) is 3.77. The predicted octanol–water partition coefficient (Wildman–Crippen LogP) is 2.83. The van der Waals surface area contributed by atoms with Crippen LogP contribution in [0.4, 0.5) is 0 Å². The van der Waals surface area contributed by atoms with E-state index in [1.54, 1.807) is 0 Å². The van der Waals surface area contributed by atoms with Crippen molar-refractivity contribution in [1.82, 2.24) is 20.1 Å². The van der Waals surface area contributed by atoms with Crippen molar-refractivity contribution in [3.8, 4) is 0 Å². The highest BCUT2D eigenvalue weighted by atomic mass is 32.2. The molecule has 2 aromatic rings. The Bertz CT molecular complexity index is 643. The zero-order valence-electron chi connectivity index (χ0n) is 13.4. The summed E-state index contributed by atoms with van der Waals surface area (Å²) in [6.45, 7) is 2.74. The Balaban J connectivity index is 1.50. The molecule has 1 aliphatic heterocycles. The lowest BCUT2D eigenvalue weighted by Gasteiger charge is -2.24. The van der Waals surface area contributed by atoms with Crippen LogP contribution in [0.2, 0.25) is 0 Å². The molecule has 1 unspecified atom stereocenters. The normalized spacial score (nSPS) is 17.6. The van der Waals surface area contributed by atoms with Crippen LogP contribution in [-0.4, -0.2) is 44.3 Å². The van der Waals surface area contributed by atoms with Gasteiger partial charge in [0.25, 0.3) is 0 Å². The number of hydrogen-bond donors (Lipinski definition) is 1. The molecule has 1 atom stereocenters. The summed E-state index contributed by atoms with van der Waals surface area (Å²) in [5.41, 5.74) is 1.34. The van der Waals surface area contributed by atoms with Gasteiger partial charge in [-0.3, -0.25) is 9.89 Å². The van der Waals surface area contributed by atoms with Gasteiger partial charge in [0.2, 0.25) is 11.1 Å². The second-order valence-corrected chi connectivity index (χ2v) is 6.84. The monoisotopic (exact) mass is 330 g/mol. The lowest BCUT2D eigenvalue weighted by atomic mass is 10.0. The SMILES string of the molecule is Cc1nc(SCC(=O)N2CCCC2CCc2ccccc2)n[nH]1. The van der Waals surface area contributed by atoms with Gasteiger partial charge in [0.05, 0.1) is 5.75 Å². The molecule has 0 saturated carbocycles. The summed E-state index contributed by atoms with van der Waals surface area (Å²) >= 11 is 1.41. The third kappa shape index (κ3) is 4.34. The molecule has 23 heavy (non-hydrogen) atoms. The van der Waals surface area contributed by atoms with Crippen molar-refractivity contribution in [3.05, 3.63) is 41.7 Å². The van der Waals surface area contributed by atoms with Gasteiger partial charge in [-0.05, 0) is 38.2 Å². The first-order chi connectivity index (χ1) is 11.2. The minimum atomic E-state index is 0.202. The van der Waals surface area contributed by atoms with E-state index in [1.165, 1.54) is 17.3 Å². The molecule has 2 heterocycles. The van der Waals surface area contributed by atoms with Crippen molar-refractivity contribution >= 4 is 17.7 Å². The highest BCUT2D eigenvalue weighted by Gasteiger charge is 2.28. The van der Waals surface area contributed by atoms with E-state index in [0.29, 0.717) is 17.0 Å². The number of aromatic nitrogens is 3. The molecule has 6 heteroatoms.